The first-order valence-corrected chi connectivity index (χ1v) is 7.12. The van der Waals surface area contributed by atoms with Gasteiger partial charge in [0.05, 0.1) is 6.04 Å². The number of piperazine rings is 1. The van der Waals surface area contributed by atoms with Crippen molar-refractivity contribution in [2.45, 2.75) is 6.04 Å². The van der Waals surface area contributed by atoms with Crippen molar-refractivity contribution in [3.63, 3.8) is 0 Å². The van der Waals surface area contributed by atoms with Crippen molar-refractivity contribution in [3.8, 4) is 0 Å². The highest BCUT2D eigenvalue weighted by molar-refractivity contribution is 5.38. The van der Waals surface area contributed by atoms with E-state index in [4.69, 9.17) is 5.73 Å². The maximum atomic E-state index is 5.95. The van der Waals surface area contributed by atoms with Crippen molar-refractivity contribution < 1.29 is 0 Å². The average Bonchev–Trinajstić information content (AvgIpc) is 3.04. The summed E-state index contributed by atoms with van der Waals surface area (Å²) in [5.74, 6) is 1.07. The molecule has 0 bridgehead atoms. The second-order valence-corrected chi connectivity index (χ2v) is 5.09. The largest absolute Gasteiger partial charge is 0.364 e. The molecule has 0 aliphatic carbocycles. The quantitative estimate of drug-likeness (QED) is 0.878. The number of anilines is 1. The van der Waals surface area contributed by atoms with Gasteiger partial charge in [0.2, 0.25) is 0 Å². The molecule has 3 rings (SSSR count). The minimum atomic E-state index is 0.288. The summed E-state index contributed by atoms with van der Waals surface area (Å²) in [6.45, 7) is 4.65. The number of nitrogens with two attached hydrogens (primary N) is 1. The first kappa shape index (κ1) is 13.1. The third-order valence-electron chi connectivity index (χ3n) is 3.93. The van der Waals surface area contributed by atoms with Crippen LogP contribution < -0.4 is 10.6 Å². The number of hydrogen-bond donors (Lipinski definition) is 2. The Labute approximate surface area is 119 Å². The number of nitrogens with zero attached hydrogens (tertiary/aromatic N) is 3. The van der Waals surface area contributed by atoms with Gasteiger partial charge in [0.15, 0.2) is 0 Å². The molecule has 3 heterocycles. The smallest absolute Gasteiger partial charge is 0.128 e. The maximum absolute atomic E-state index is 5.95. The van der Waals surface area contributed by atoms with Gasteiger partial charge in [-0.3, -0.25) is 4.90 Å². The van der Waals surface area contributed by atoms with Gasteiger partial charge in [-0.15, -0.1) is 0 Å². The van der Waals surface area contributed by atoms with Crippen LogP contribution in [0.2, 0.25) is 0 Å². The van der Waals surface area contributed by atoms with E-state index < -0.39 is 0 Å². The Morgan fingerprint density at radius 2 is 2.00 bits per heavy atom. The first-order chi connectivity index (χ1) is 9.88. The van der Waals surface area contributed by atoms with Crippen molar-refractivity contribution in [2.24, 2.45) is 5.73 Å². The lowest BCUT2D eigenvalue weighted by atomic mass is 10.1. The third kappa shape index (κ3) is 2.69. The van der Waals surface area contributed by atoms with E-state index in [9.17, 15) is 0 Å². The summed E-state index contributed by atoms with van der Waals surface area (Å²) in [5, 5.41) is 0. The Hall–Kier alpha value is -1.85. The topological polar surface area (TPSA) is 61.2 Å². The van der Waals surface area contributed by atoms with Crippen molar-refractivity contribution in [3.05, 3.63) is 48.4 Å². The molecule has 1 aliphatic heterocycles. The molecule has 106 valence electrons. The molecular formula is C15H21N5. The van der Waals surface area contributed by atoms with Gasteiger partial charge in [-0.05, 0) is 24.3 Å². The van der Waals surface area contributed by atoms with Crippen LogP contribution in [-0.2, 0) is 0 Å². The van der Waals surface area contributed by atoms with Crippen LogP contribution in [0.4, 0.5) is 5.82 Å². The SMILES string of the molecule is NCC(c1ccc[nH]1)N1CCN(c2ccccn2)CC1. The lowest BCUT2D eigenvalue weighted by Gasteiger charge is -2.39. The van der Waals surface area contributed by atoms with Crippen molar-refractivity contribution in [2.75, 3.05) is 37.6 Å². The summed E-state index contributed by atoms with van der Waals surface area (Å²) in [6.07, 6.45) is 3.81. The number of pyridine rings is 1. The van der Waals surface area contributed by atoms with Gasteiger partial charge in [0.1, 0.15) is 5.82 Å². The summed E-state index contributed by atoms with van der Waals surface area (Å²) in [4.78, 5) is 12.5. The molecule has 2 aromatic heterocycles. The molecule has 3 N–H and O–H groups in total. The van der Waals surface area contributed by atoms with E-state index >= 15 is 0 Å². The molecule has 0 radical (unpaired) electrons. The highest BCUT2D eigenvalue weighted by atomic mass is 15.3. The fraction of sp³-hybridized carbons (Fsp3) is 0.400. The van der Waals surface area contributed by atoms with E-state index in [0.717, 1.165) is 32.0 Å². The Morgan fingerprint density at radius 1 is 1.15 bits per heavy atom. The van der Waals surface area contributed by atoms with Gasteiger partial charge >= 0.3 is 0 Å². The molecule has 2 aromatic rings. The van der Waals surface area contributed by atoms with E-state index in [1.165, 1.54) is 5.69 Å². The van der Waals surface area contributed by atoms with Crippen molar-refractivity contribution >= 4 is 5.82 Å². The minimum Gasteiger partial charge on any atom is -0.364 e. The molecule has 5 heteroatoms. The molecule has 5 nitrogen and oxygen atoms in total. The molecule has 1 atom stereocenters. The van der Waals surface area contributed by atoms with Crippen LogP contribution in [0.1, 0.15) is 11.7 Å². The predicted molar refractivity (Wildman–Crippen MR) is 80.6 cm³/mol. The van der Waals surface area contributed by atoms with Gasteiger partial charge < -0.3 is 15.6 Å². The zero-order valence-corrected chi connectivity index (χ0v) is 11.6. The lowest BCUT2D eigenvalue weighted by Crippen LogP contribution is -2.49. The summed E-state index contributed by atoms with van der Waals surface area (Å²) < 4.78 is 0. The zero-order valence-electron chi connectivity index (χ0n) is 11.6. The van der Waals surface area contributed by atoms with Gasteiger partial charge in [-0.25, -0.2) is 4.98 Å². The Kier molecular flexibility index (Phi) is 3.99. The molecule has 0 spiro atoms. The molecule has 1 unspecified atom stereocenters. The Balaban J connectivity index is 1.63. The molecule has 1 aliphatic rings. The molecule has 0 amide bonds. The predicted octanol–water partition coefficient (Wildman–Crippen LogP) is 1.23. The molecule has 1 saturated heterocycles. The zero-order chi connectivity index (χ0) is 13.8. The third-order valence-corrected chi connectivity index (χ3v) is 3.93. The molecule has 1 fully saturated rings. The summed E-state index contributed by atoms with van der Waals surface area (Å²) >= 11 is 0. The Morgan fingerprint density at radius 3 is 2.60 bits per heavy atom. The van der Waals surface area contributed by atoms with Gasteiger partial charge in [0.25, 0.3) is 0 Å². The second-order valence-electron chi connectivity index (χ2n) is 5.09. The highest BCUT2D eigenvalue weighted by Gasteiger charge is 2.24. The molecule has 0 saturated carbocycles. The van der Waals surface area contributed by atoms with Crippen LogP contribution in [0.15, 0.2) is 42.7 Å². The fourth-order valence-electron chi connectivity index (χ4n) is 2.83. The van der Waals surface area contributed by atoms with Gasteiger partial charge in [-0.1, -0.05) is 6.07 Å². The average molecular weight is 271 g/mol. The standard InChI is InChI=1S/C15H21N5/c16-12-14(13-4-3-7-17-13)19-8-10-20(11-9-19)15-5-1-2-6-18-15/h1-7,14,17H,8-12,16H2. The van der Waals surface area contributed by atoms with Gasteiger partial charge in [-0.2, -0.15) is 0 Å². The normalized spacial score (nSPS) is 18.1. The van der Waals surface area contributed by atoms with E-state index in [-0.39, 0.29) is 6.04 Å². The number of H-pyrrole nitrogens is 1. The van der Waals surface area contributed by atoms with E-state index in [0.29, 0.717) is 6.54 Å². The number of hydrogen-bond acceptors (Lipinski definition) is 4. The van der Waals surface area contributed by atoms with Crippen molar-refractivity contribution in [1.29, 1.82) is 0 Å². The number of nitrogens with one attached hydrogen (secondary N) is 1. The molecule has 0 aromatic carbocycles. The van der Waals surface area contributed by atoms with E-state index in [1.807, 2.05) is 30.6 Å². The summed E-state index contributed by atoms with van der Waals surface area (Å²) in [5.41, 5.74) is 7.16. The number of rotatable bonds is 4. The van der Waals surface area contributed by atoms with Crippen molar-refractivity contribution in [1.82, 2.24) is 14.9 Å². The molecule has 20 heavy (non-hydrogen) atoms. The highest BCUT2D eigenvalue weighted by Crippen LogP contribution is 2.21. The van der Waals surface area contributed by atoms with E-state index in [2.05, 4.69) is 31.9 Å². The van der Waals surface area contributed by atoms with Crippen LogP contribution >= 0.6 is 0 Å². The van der Waals surface area contributed by atoms with Crippen LogP contribution in [0.3, 0.4) is 0 Å². The summed E-state index contributed by atoms with van der Waals surface area (Å²) in [7, 11) is 0. The van der Waals surface area contributed by atoms with Crippen LogP contribution in [-0.4, -0.2) is 47.6 Å². The maximum Gasteiger partial charge on any atom is 0.128 e. The first-order valence-electron chi connectivity index (χ1n) is 7.12. The Bertz CT molecular complexity index is 502. The summed E-state index contributed by atoms with van der Waals surface area (Å²) in [6, 6.07) is 10.5. The lowest BCUT2D eigenvalue weighted by molar-refractivity contribution is 0.187. The van der Waals surface area contributed by atoms with Crippen LogP contribution in [0.5, 0.6) is 0 Å². The fourth-order valence-corrected chi connectivity index (χ4v) is 2.83. The minimum absolute atomic E-state index is 0.288. The number of aromatic amines is 1. The second kappa shape index (κ2) is 6.07. The monoisotopic (exact) mass is 271 g/mol. The number of aromatic nitrogens is 2. The van der Waals surface area contributed by atoms with Crippen LogP contribution in [0.25, 0.3) is 0 Å². The van der Waals surface area contributed by atoms with Crippen LogP contribution in [0, 0.1) is 0 Å². The van der Waals surface area contributed by atoms with Gasteiger partial charge in [0, 0.05) is 50.8 Å². The van der Waals surface area contributed by atoms with E-state index in [1.54, 1.807) is 0 Å². The molecular weight excluding hydrogens is 250 g/mol.